The van der Waals surface area contributed by atoms with Gasteiger partial charge >= 0.3 is 11.9 Å². The number of hydrogen-bond acceptors (Lipinski definition) is 7. The van der Waals surface area contributed by atoms with E-state index in [0.717, 1.165) is 24.6 Å². The zero-order valence-electron chi connectivity index (χ0n) is 24.9. The Morgan fingerprint density at radius 2 is 1.80 bits per heavy atom. The fraction of sp³-hybridized carbons (Fsp3) is 0.469. The molecule has 0 aliphatic carbocycles. The third-order valence-corrected chi connectivity index (χ3v) is 10.7. The van der Waals surface area contributed by atoms with Crippen LogP contribution in [-0.4, -0.2) is 87.5 Å². The van der Waals surface area contributed by atoms with Crippen molar-refractivity contribution in [3.8, 4) is 11.1 Å². The van der Waals surface area contributed by atoms with Gasteiger partial charge in [0.1, 0.15) is 11.6 Å². The van der Waals surface area contributed by atoms with Gasteiger partial charge in [0.2, 0.25) is 5.91 Å². The Balaban J connectivity index is 1.45. The summed E-state index contributed by atoms with van der Waals surface area (Å²) in [6.07, 6.45) is -2.49. The van der Waals surface area contributed by atoms with Gasteiger partial charge in [-0.1, -0.05) is 18.7 Å². The molecule has 8 nitrogen and oxygen atoms in total. The Bertz CT molecular complexity index is 1730. The molecule has 2 aromatic carbocycles. The first-order valence-corrected chi connectivity index (χ1v) is 16.1. The van der Waals surface area contributed by atoms with Crippen molar-refractivity contribution in [1.29, 1.82) is 0 Å². The Morgan fingerprint density at radius 3 is 2.40 bits per heavy atom. The SMILES string of the molecule is C=CC(=O)N1[C@H](C)CN(c2nc(=O)n3c4c(c(-c5ccc(F)cc5)c(C(F)(F)F)cc24)SCC(N2C[C@@H]4C[C@H]2CO4)C3)C[C@@H]1C. The number of carbonyl (C=O) groups excluding carboxylic acids is 1. The molecule has 0 spiro atoms. The number of hydrogen-bond donors (Lipinski definition) is 0. The molecule has 1 amide bonds. The normalized spacial score (nSPS) is 26.8. The van der Waals surface area contributed by atoms with Crippen LogP contribution in [0.15, 0.2) is 52.7 Å². The minimum absolute atomic E-state index is 0.0691. The first-order chi connectivity index (χ1) is 21.4. The van der Waals surface area contributed by atoms with Gasteiger partial charge in [-0.2, -0.15) is 18.2 Å². The zero-order valence-corrected chi connectivity index (χ0v) is 25.7. The number of carbonyl (C=O) groups is 1. The van der Waals surface area contributed by atoms with Crippen molar-refractivity contribution in [2.24, 2.45) is 0 Å². The molecule has 0 N–H and O–H groups in total. The van der Waals surface area contributed by atoms with E-state index in [1.54, 1.807) is 4.90 Å². The second kappa shape index (κ2) is 11.1. The number of piperazine rings is 1. The molecule has 0 saturated carbocycles. The van der Waals surface area contributed by atoms with Crippen molar-refractivity contribution in [3.63, 3.8) is 0 Å². The number of thioether (sulfide) groups is 1. The Hall–Kier alpha value is -3.42. The lowest BCUT2D eigenvalue weighted by molar-refractivity contribution is -0.137. The van der Waals surface area contributed by atoms with Crippen molar-refractivity contribution in [2.75, 3.05) is 36.9 Å². The summed E-state index contributed by atoms with van der Waals surface area (Å²) in [7, 11) is 0. The van der Waals surface area contributed by atoms with E-state index in [-0.39, 0.29) is 78.1 Å². The molecule has 3 saturated heterocycles. The molecular weight excluding hydrogens is 610 g/mol. The Kier molecular flexibility index (Phi) is 7.48. The molecule has 45 heavy (non-hydrogen) atoms. The van der Waals surface area contributed by atoms with Crippen molar-refractivity contribution in [2.45, 2.75) is 68.2 Å². The maximum absolute atomic E-state index is 15.0. The largest absolute Gasteiger partial charge is 0.417 e. The highest BCUT2D eigenvalue weighted by Gasteiger charge is 2.44. The van der Waals surface area contributed by atoms with Gasteiger partial charge in [-0.25, -0.2) is 9.18 Å². The molecule has 13 heteroatoms. The van der Waals surface area contributed by atoms with Gasteiger partial charge in [0.15, 0.2) is 0 Å². The average molecular weight is 644 g/mol. The molecule has 7 rings (SSSR count). The van der Waals surface area contributed by atoms with Gasteiger partial charge in [0.05, 0.1) is 23.8 Å². The van der Waals surface area contributed by atoms with Crippen LogP contribution in [0.4, 0.5) is 23.4 Å². The second-order valence-electron chi connectivity index (χ2n) is 12.4. The summed E-state index contributed by atoms with van der Waals surface area (Å²) in [5, 5.41) is 0.227. The fourth-order valence-corrected chi connectivity index (χ4v) is 9.01. The number of likely N-dealkylation sites (tertiary alicyclic amines) is 1. The maximum atomic E-state index is 15.0. The van der Waals surface area contributed by atoms with Gasteiger partial charge in [0.25, 0.3) is 0 Å². The number of aromatic nitrogens is 2. The van der Waals surface area contributed by atoms with E-state index in [4.69, 9.17) is 4.74 Å². The van der Waals surface area contributed by atoms with Crippen LogP contribution in [0.1, 0.15) is 25.8 Å². The van der Waals surface area contributed by atoms with Gasteiger partial charge in [-0.05, 0) is 50.1 Å². The summed E-state index contributed by atoms with van der Waals surface area (Å²) >= 11 is 1.31. The summed E-state index contributed by atoms with van der Waals surface area (Å²) in [5.41, 5.74) is -0.861. The van der Waals surface area contributed by atoms with Crippen molar-refractivity contribution < 1.29 is 27.1 Å². The van der Waals surface area contributed by atoms with Crippen LogP contribution in [0.2, 0.25) is 0 Å². The number of alkyl halides is 3. The predicted octanol–water partition coefficient (Wildman–Crippen LogP) is 4.78. The zero-order chi connectivity index (χ0) is 31.8. The van der Waals surface area contributed by atoms with E-state index < -0.39 is 23.2 Å². The number of rotatable bonds is 4. The summed E-state index contributed by atoms with van der Waals surface area (Å²) in [4.78, 5) is 37.1. The van der Waals surface area contributed by atoms with E-state index >= 15 is 0 Å². The minimum Gasteiger partial charge on any atom is -0.375 e. The fourth-order valence-electron chi connectivity index (χ4n) is 7.63. The highest BCUT2D eigenvalue weighted by atomic mass is 32.2. The van der Waals surface area contributed by atoms with Gasteiger partial charge in [-0.3, -0.25) is 14.3 Å². The quantitative estimate of drug-likeness (QED) is 0.300. The van der Waals surface area contributed by atoms with E-state index in [1.165, 1.54) is 34.5 Å². The molecule has 4 aliphatic heterocycles. The molecule has 5 heterocycles. The molecule has 1 aromatic heterocycles. The smallest absolute Gasteiger partial charge is 0.375 e. The first-order valence-electron chi connectivity index (χ1n) is 15.1. The second-order valence-corrected chi connectivity index (χ2v) is 13.4. The Morgan fingerprint density at radius 1 is 1.09 bits per heavy atom. The van der Waals surface area contributed by atoms with Crippen LogP contribution >= 0.6 is 11.8 Å². The standard InChI is InChI=1S/C32H33F4N5O3S/c1-4-26(42)41-17(2)11-38(12-18(41)3)30-24-10-25(32(34,35)36)27(19-5-7-20(33)8-6-19)29-28(24)40(31(43)37-30)13-22(16-45-29)39-14-23-9-21(39)15-44-23/h4-8,10,17-18,21-23H,1,9,11-16H2,2-3H3/t17-,18+,21-,22?,23-/m0/s1. The van der Waals surface area contributed by atoms with Crippen LogP contribution in [0.3, 0.4) is 0 Å². The van der Waals surface area contributed by atoms with Crippen LogP contribution < -0.4 is 10.6 Å². The molecule has 2 bridgehead atoms. The van der Waals surface area contributed by atoms with Gasteiger partial charge < -0.3 is 14.5 Å². The van der Waals surface area contributed by atoms with Gasteiger partial charge in [-0.15, -0.1) is 11.8 Å². The molecule has 5 atom stereocenters. The number of anilines is 1. The third-order valence-electron chi connectivity index (χ3n) is 9.51. The van der Waals surface area contributed by atoms with E-state index in [2.05, 4.69) is 16.5 Å². The molecule has 3 fully saturated rings. The summed E-state index contributed by atoms with van der Waals surface area (Å²) in [6, 6.07) is 5.56. The van der Waals surface area contributed by atoms with Crippen LogP contribution in [0.25, 0.3) is 22.0 Å². The number of benzene rings is 2. The van der Waals surface area contributed by atoms with Crippen molar-refractivity contribution >= 4 is 34.4 Å². The molecule has 1 unspecified atom stereocenters. The number of amides is 1. The van der Waals surface area contributed by atoms with Crippen LogP contribution in [-0.2, 0) is 22.3 Å². The molecule has 3 aromatic rings. The number of morpholine rings is 1. The van der Waals surface area contributed by atoms with Gasteiger partial charge in [0, 0.05) is 71.9 Å². The van der Waals surface area contributed by atoms with E-state index in [1.807, 2.05) is 18.7 Å². The molecular formula is C32H33F4N5O3S. The lowest BCUT2D eigenvalue weighted by Gasteiger charge is -2.44. The highest BCUT2D eigenvalue weighted by Crippen LogP contribution is 2.49. The summed E-state index contributed by atoms with van der Waals surface area (Å²) < 4.78 is 66.3. The molecule has 0 radical (unpaired) electrons. The topological polar surface area (TPSA) is 70.9 Å². The van der Waals surface area contributed by atoms with Crippen LogP contribution in [0.5, 0.6) is 0 Å². The van der Waals surface area contributed by atoms with Crippen molar-refractivity contribution in [3.05, 3.63) is 64.9 Å². The highest BCUT2D eigenvalue weighted by molar-refractivity contribution is 7.99. The summed E-state index contributed by atoms with van der Waals surface area (Å²) in [5.74, 6) is -0.164. The molecule has 238 valence electrons. The average Bonchev–Trinajstić information content (AvgIpc) is 3.57. The predicted molar refractivity (Wildman–Crippen MR) is 164 cm³/mol. The molecule has 4 aliphatic rings. The van der Waals surface area contributed by atoms with Crippen molar-refractivity contribution in [1.82, 2.24) is 19.4 Å². The lowest BCUT2D eigenvalue weighted by Crippen LogP contribution is -2.58. The van der Waals surface area contributed by atoms with Crippen LogP contribution in [0, 0.1) is 5.82 Å². The maximum Gasteiger partial charge on any atom is 0.417 e. The number of fused-ring (bicyclic) bond motifs is 2. The third kappa shape index (κ3) is 5.12. The Labute approximate surface area is 261 Å². The lowest BCUT2D eigenvalue weighted by atomic mass is 9.96. The first kappa shape index (κ1) is 30.2. The van der Waals surface area contributed by atoms with E-state index in [9.17, 15) is 27.2 Å². The summed E-state index contributed by atoms with van der Waals surface area (Å²) in [6.45, 7) is 9.43. The number of nitrogens with zero attached hydrogens (tertiary/aromatic N) is 5. The van der Waals surface area contributed by atoms with E-state index in [0.29, 0.717) is 29.3 Å². The number of halogens is 4. The monoisotopic (exact) mass is 643 g/mol. The number of ether oxygens (including phenoxy) is 1. The minimum atomic E-state index is -4.75.